The van der Waals surface area contributed by atoms with Gasteiger partial charge in [-0.05, 0) is 25.1 Å². The van der Waals surface area contributed by atoms with Crippen molar-refractivity contribution in [3.05, 3.63) is 64.8 Å². The predicted molar refractivity (Wildman–Crippen MR) is 116 cm³/mol. The van der Waals surface area contributed by atoms with Crippen LogP contribution in [0.25, 0.3) is 11.3 Å². The molecule has 1 saturated heterocycles. The van der Waals surface area contributed by atoms with Crippen molar-refractivity contribution in [2.75, 3.05) is 31.6 Å². The largest absolute Gasteiger partial charge is 0.379 e. The van der Waals surface area contributed by atoms with Gasteiger partial charge in [0.15, 0.2) is 5.13 Å². The van der Waals surface area contributed by atoms with E-state index in [9.17, 15) is 17.6 Å². The number of hydrogen-bond donors (Lipinski definition) is 1. The van der Waals surface area contributed by atoms with Gasteiger partial charge in [0.25, 0.3) is 5.91 Å². The molecule has 0 spiro atoms. The van der Waals surface area contributed by atoms with Crippen LogP contribution < -0.4 is 5.32 Å². The molecule has 1 aromatic heterocycles. The Hall–Kier alpha value is -2.66. The Bertz CT molecular complexity index is 1200. The van der Waals surface area contributed by atoms with Crippen molar-refractivity contribution in [3.8, 4) is 11.3 Å². The maximum atomic E-state index is 14.4. The highest BCUT2D eigenvalue weighted by molar-refractivity contribution is 7.89. The molecule has 0 bridgehead atoms. The lowest BCUT2D eigenvalue weighted by Crippen LogP contribution is -2.41. The summed E-state index contributed by atoms with van der Waals surface area (Å²) in [5.41, 5.74) is 2.80. The number of nitrogens with one attached hydrogen (secondary N) is 1. The molecule has 1 aliphatic rings. The second-order valence-corrected chi connectivity index (χ2v) is 9.78. The summed E-state index contributed by atoms with van der Waals surface area (Å²) in [6.07, 6.45) is 0. The molecule has 0 radical (unpaired) electrons. The van der Waals surface area contributed by atoms with Gasteiger partial charge in [-0.2, -0.15) is 4.31 Å². The van der Waals surface area contributed by atoms with Gasteiger partial charge in [0, 0.05) is 29.6 Å². The van der Waals surface area contributed by atoms with E-state index in [0.717, 1.165) is 33.3 Å². The van der Waals surface area contributed by atoms with Crippen LogP contribution in [0.15, 0.2) is 52.7 Å². The SMILES string of the molecule is Cc1ccc(-c2csc(NC(=O)c3ccc(F)c(S(=O)(=O)N4CCOCC4)c3)n2)cc1. The van der Waals surface area contributed by atoms with Gasteiger partial charge >= 0.3 is 0 Å². The van der Waals surface area contributed by atoms with Gasteiger partial charge in [0.05, 0.1) is 18.9 Å². The number of carbonyl (C=O) groups is 1. The summed E-state index contributed by atoms with van der Waals surface area (Å²) in [6, 6.07) is 11.1. The number of amides is 1. The molecule has 1 amide bonds. The highest BCUT2D eigenvalue weighted by atomic mass is 32.2. The first-order valence-corrected chi connectivity index (χ1v) is 11.9. The van der Waals surface area contributed by atoms with E-state index < -0.39 is 26.6 Å². The van der Waals surface area contributed by atoms with Crippen molar-refractivity contribution < 1.29 is 22.3 Å². The van der Waals surface area contributed by atoms with E-state index in [4.69, 9.17) is 4.74 Å². The van der Waals surface area contributed by atoms with Crippen LogP contribution in [0.1, 0.15) is 15.9 Å². The number of hydrogen-bond acceptors (Lipinski definition) is 6. The number of halogens is 1. The van der Waals surface area contributed by atoms with Crippen molar-refractivity contribution in [1.29, 1.82) is 0 Å². The molecule has 0 aliphatic carbocycles. The van der Waals surface area contributed by atoms with Crippen LogP contribution in [0.5, 0.6) is 0 Å². The standard InChI is InChI=1S/C21H20FN3O4S2/c1-14-2-4-15(5-3-14)18-13-30-21(23-18)24-20(26)16-6-7-17(22)19(12-16)31(27,28)25-8-10-29-11-9-25/h2-7,12-13H,8-11H2,1H3,(H,23,24,26). The lowest BCUT2D eigenvalue weighted by molar-refractivity contribution is 0.0729. The number of aryl methyl sites for hydroxylation is 1. The molecule has 31 heavy (non-hydrogen) atoms. The number of thiazole rings is 1. The predicted octanol–water partition coefficient (Wildman–Crippen LogP) is 3.53. The van der Waals surface area contributed by atoms with Crippen LogP contribution in [0.4, 0.5) is 9.52 Å². The van der Waals surface area contributed by atoms with E-state index in [1.165, 1.54) is 17.4 Å². The molecule has 0 saturated carbocycles. The van der Waals surface area contributed by atoms with Crippen LogP contribution in [0.3, 0.4) is 0 Å². The van der Waals surface area contributed by atoms with E-state index in [1.54, 1.807) is 0 Å². The number of carbonyl (C=O) groups excluding carboxylic acids is 1. The minimum absolute atomic E-state index is 0.0281. The van der Waals surface area contributed by atoms with Gasteiger partial charge in [-0.3, -0.25) is 10.1 Å². The quantitative estimate of drug-likeness (QED) is 0.628. The van der Waals surface area contributed by atoms with Crippen molar-refractivity contribution in [2.24, 2.45) is 0 Å². The Morgan fingerprint density at radius 2 is 1.87 bits per heavy atom. The lowest BCUT2D eigenvalue weighted by atomic mass is 10.1. The number of anilines is 1. The van der Waals surface area contributed by atoms with Gasteiger partial charge in [-0.25, -0.2) is 17.8 Å². The fourth-order valence-electron chi connectivity index (χ4n) is 3.13. The molecular formula is C21H20FN3O4S2. The number of nitrogens with zero attached hydrogens (tertiary/aromatic N) is 2. The van der Waals surface area contributed by atoms with Gasteiger partial charge in [-0.15, -0.1) is 11.3 Å². The summed E-state index contributed by atoms with van der Waals surface area (Å²) in [5, 5.41) is 4.84. The molecule has 1 fully saturated rings. The topological polar surface area (TPSA) is 88.6 Å². The van der Waals surface area contributed by atoms with E-state index in [2.05, 4.69) is 10.3 Å². The van der Waals surface area contributed by atoms with E-state index >= 15 is 0 Å². The van der Waals surface area contributed by atoms with Crippen molar-refractivity contribution >= 4 is 32.4 Å². The number of benzene rings is 2. The maximum Gasteiger partial charge on any atom is 0.257 e. The first-order chi connectivity index (χ1) is 14.8. The molecule has 162 valence electrons. The maximum absolute atomic E-state index is 14.4. The Morgan fingerprint density at radius 1 is 1.16 bits per heavy atom. The first-order valence-electron chi connectivity index (χ1n) is 9.56. The zero-order chi connectivity index (χ0) is 22.0. The molecule has 1 aliphatic heterocycles. The third kappa shape index (κ3) is 4.67. The van der Waals surface area contributed by atoms with Gasteiger partial charge in [-0.1, -0.05) is 29.8 Å². The molecule has 3 aromatic rings. The van der Waals surface area contributed by atoms with Crippen LogP contribution in [-0.2, 0) is 14.8 Å². The molecule has 0 unspecified atom stereocenters. The van der Waals surface area contributed by atoms with Gasteiger partial charge in [0.1, 0.15) is 10.7 Å². The Balaban J connectivity index is 1.54. The fourth-order valence-corrected chi connectivity index (χ4v) is 5.34. The monoisotopic (exact) mass is 461 g/mol. The van der Waals surface area contributed by atoms with E-state index in [-0.39, 0.29) is 31.9 Å². The summed E-state index contributed by atoms with van der Waals surface area (Å²) in [7, 11) is -4.07. The summed E-state index contributed by atoms with van der Waals surface area (Å²) in [4.78, 5) is 16.6. The average Bonchev–Trinajstić information content (AvgIpc) is 3.23. The summed E-state index contributed by atoms with van der Waals surface area (Å²) in [5.74, 6) is -1.47. The molecule has 7 nitrogen and oxygen atoms in total. The smallest absolute Gasteiger partial charge is 0.257 e. The normalized spacial score (nSPS) is 15.0. The summed E-state index contributed by atoms with van der Waals surface area (Å²) >= 11 is 1.25. The average molecular weight is 462 g/mol. The summed E-state index contributed by atoms with van der Waals surface area (Å²) < 4.78 is 46.3. The molecule has 2 aromatic carbocycles. The second kappa shape index (κ2) is 8.83. The van der Waals surface area contributed by atoms with Crippen LogP contribution in [0, 0.1) is 12.7 Å². The van der Waals surface area contributed by atoms with E-state index in [0.29, 0.717) is 5.13 Å². The van der Waals surface area contributed by atoms with Crippen LogP contribution in [-0.4, -0.2) is 49.9 Å². The molecule has 0 atom stereocenters. The number of aromatic nitrogens is 1. The Labute approximate surface area is 183 Å². The number of ether oxygens (including phenoxy) is 1. The van der Waals surface area contributed by atoms with E-state index in [1.807, 2.05) is 36.6 Å². The van der Waals surface area contributed by atoms with Crippen LogP contribution >= 0.6 is 11.3 Å². The second-order valence-electron chi connectivity index (χ2n) is 7.02. The Kier molecular flexibility index (Phi) is 6.15. The highest BCUT2D eigenvalue weighted by Crippen LogP contribution is 2.26. The zero-order valence-electron chi connectivity index (χ0n) is 16.7. The Morgan fingerprint density at radius 3 is 2.58 bits per heavy atom. The third-order valence-electron chi connectivity index (χ3n) is 4.85. The van der Waals surface area contributed by atoms with Crippen molar-refractivity contribution in [1.82, 2.24) is 9.29 Å². The van der Waals surface area contributed by atoms with Crippen molar-refractivity contribution in [3.63, 3.8) is 0 Å². The molecule has 10 heteroatoms. The van der Waals surface area contributed by atoms with Crippen LogP contribution in [0.2, 0.25) is 0 Å². The van der Waals surface area contributed by atoms with Crippen molar-refractivity contribution in [2.45, 2.75) is 11.8 Å². The zero-order valence-corrected chi connectivity index (χ0v) is 18.3. The molecule has 4 rings (SSSR count). The lowest BCUT2D eigenvalue weighted by Gasteiger charge is -2.26. The number of morpholine rings is 1. The minimum Gasteiger partial charge on any atom is -0.379 e. The van der Waals surface area contributed by atoms with Gasteiger partial charge < -0.3 is 4.74 Å². The minimum atomic E-state index is -4.07. The first kappa shape index (κ1) is 21.6. The van der Waals surface area contributed by atoms with Gasteiger partial charge in [0.2, 0.25) is 10.0 Å². The third-order valence-corrected chi connectivity index (χ3v) is 7.52. The molecule has 1 N–H and O–H groups in total. The molecular weight excluding hydrogens is 441 g/mol. The fraction of sp³-hybridized carbons (Fsp3) is 0.238. The molecule has 2 heterocycles. The summed E-state index contributed by atoms with van der Waals surface area (Å²) in [6.45, 7) is 2.76. The number of rotatable bonds is 5. The highest BCUT2D eigenvalue weighted by Gasteiger charge is 2.29. The number of sulfonamides is 1.